The minimum Gasteiger partial charge on any atom is -0.444 e. The molecule has 2 aromatic heterocycles. The predicted octanol–water partition coefficient (Wildman–Crippen LogP) is 1.54. The SMILES string of the molecule is CNC(=O)Cn1cc(NC(=O)c2ccc(-c3cnco3)cc2)cn1. The number of hydrogen-bond acceptors (Lipinski definition) is 5. The summed E-state index contributed by atoms with van der Waals surface area (Å²) in [5.74, 6) is 0.204. The molecule has 1 aromatic carbocycles. The van der Waals surface area contributed by atoms with E-state index in [2.05, 4.69) is 20.7 Å². The molecule has 2 amide bonds. The number of aromatic nitrogens is 3. The molecule has 0 aliphatic heterocycles. The first kappa shape index (κ1) is 15.5. The number of likely N-dealkylation sites (N-methyl/N-ethyl adjacent to an activating group) is 1. The number of amides is 2. The Morgan fingerprint density at radius 2 is 2.00 bits per heavy atom. The molecule has 0 saturated heterocycles. The summed E-state index contributed by atoms with van der Waals surface area (Å²) in [4.78, 5) is 27.4. The van der Waals surface area contributed by atoms with Crippen LogP contribution in [0.1, 0.15) is 10.4 Å². The monoisotopic (exact) mass is 325 g/mol. The summed E-state index contributed by atoms with van der Waals surface area (Å²) in [5.41, 5.74) is 1.85. The lowest BCUT2D eigenvalue weighted by Crippen LogP contribution is -2.23. The molecule has 122 valence electrons. The van der Waals surface area contributed by atoms with E-state index in [1.165, 1.54) is 17.3 Å². The third-order valence-electron chi connectivity index (χ3n) is 3.34. The molecule has 8 heteroatoms. The van der Waals surface area contributed by atoms with Crippen LogP contribution in [0.15, 0.2) is 53.7 Å². The molecule has 8 nitrogen and oxygen atoms in total. The van der Waals surface area contributed by atoms with Crippen molar-refractivity contribution >= 4 is 17.5 Å². The summed E-state index contributed by atoms with van der Waals surface area (Å²) in [6.07, 6.45) is 6.04. The van der Waals surface area contributed by atoms with Crippen LogP contribution in [0.5, 0.6) is 0 Å². The van der Waals surface area contributed by atoms with Gasteiger partial charge in [0.05, 0.1) is 18.1 Å². The Bertz CT molecular complexity index is 837. The Balaban J connectivity index is 1.65. The molecule has 0 unspecified atom stereocenters. The van der Waals surface area contributed by atoms with E-state index in [4.69, 9.17) is 4.42 Å². The second-order valence-corrected chi connectivity index (χ2v) is 5.00. The van der Waals surface area contributed by atoms with E-state index in [9.17, 15) is 9.59 Å². The molecule has 0 aliphatic carbocycles. The molecule has 0 saturated carbocycles. The third-order valence-corrected chi connectivity index (χ3v) is 3.34. The quantitative estimate of drug-likeness (QED) is 0.741. The van der Waals surface area contributed by atoms with E-state index < -0.39 is 0 Å². The molecule has 0 fully saturated rings. The van der Waals surface area contributed by atoms with Gasteiger partial charge in [0, 0.05) is 24.4 Å². The van der Waals surface area contributed by atoms with E-state index in [0.29, 0.717) is 17.0 Å². The van der Waals surface area contributed by atoms with Crippen molar-refractivity contribution in [2.75, 3.05) is 12.4 Å². The molecule has 0 bridgehead atoms. The molecular formula is C16H15N5O3. The van der Waals surface area contributed by atoms with E-state index >= 15 is 0 Å². The van der Waals surface area contributed by atoms with Crippen LogP contribution in [0, 0.1) is 0 Å². The fourth-order valence-corrected chi connectivity index (χ4v) is 2.09. The van der Waals surface area contributed by atoms with Crippen molar-refractivity contribution in [2.45, 2.75) is 6.54 Å². The van der Waals surface area contributed by atoms with Gasteiger partial charge < -0.3 is 15.1 Å². The Kier molecular flexibility index (Phi) is 4.37. The Labute approximate surface area is 137 Å². The first-order valence-corrected chi connectivity index (χ1v) is 7.19. The van der Waals surface area contributed by atoms with Crippen LogP contribution in [0.4, 0.5) is 5.69 Å². The van der Waals surface area contributed by atoms with Crippen molar-refractivity contribution in [3.05, 3.63) is 54.8 Å². The molecule has 0 radical (unpaired) electrons. The van der Waals surface area contributed by atoms with Gasteiger partial charge in [-0.25, -0.2) is 4.98 Å². The standard InChI is InChI=1S/C16H15N5O3/c1-17-15(22)9-21-8-13(6-19-21)20-16(23)12-4-2-11(3-5-12)14-7-18-10-24-14/h2-8,10H,9H2,1H3,(H,17,22)(H,20,23). The van der Waals surface area contributed by atoms with Crippen molar-refractivity contribution in [1.82, 2.24) is 20.1 Å². The van der Waals surface area contributed by atoms with Crippen molar-refractivity contribution in [1.29, 1.82) is 0 Å². The average Bonchev–Trinajstić information content (AvgIpc) is 3.27. The highest BCUT2D eigenvalue weighted by Crippen LogP contribution is 2.19. The van der Waals surface area contributed by atoms with Gasteiger partial charge in [0.15, 0.2) is 12.2 Å². The highest BCUT2D eigenvalue weighted by molar-refractivity contribution is 6.04. The number of nitrogens with zero attached hydrogens (tertiary/aromatic N) is 3. The smallest absolute Gasteiger partial charge is 0.255 e. The molecule has 3 rings (SSSR count). The number of hydrogen-bond donors (Lipinski definition) is 2. The van der Waals surface area contributed by atoms with Gasteiger partial charge in [-0.3, -0.25) is 14.3 Å². The Morgan fingerprint density at radius 3 is 2.67 bits per heavy atom. The summed E-state index contributed by atoms with van der Waals surface area (Å²) in [5, 5.41) is 9.26. The maximum Gasteiger partial charge on any atom is 0.255 e. The predicted molar refractivity (Wildman–Crippen MR) is 86.2 cm³/mol. The van der Waals surface area contributed by atoms with Crippen LogP contribution in [0.3, 0.4) is 0 Å². The second kappa shape index (κ2) is 6.78. The highest BCUT2D eigenvalue weighted by atomic mass is 16.3. The number of carbonyl (C=O) groups excluding carboxylic acids is 2. The van der Waals surface area contributed by atoms with Crippen LogP contribution in [0.2, 0.25) is 0 Å². The molecule has 0 spiro atoms. The summed E-state index contributed by atoms with van der Waals surface area (Å²) in [6, 6.07) is 6.96. The van der Waals surface area contributed by atoms with Crippen molar-refractivity contribution in [3.8, 4) is 11.3 Å². The van der Waals surface area contributed by atoms with Crippen molar-refractivity contribution in [2.24, 2.45) is 0 Å². The molecular weight excluding hydrogens is 310 g/mol. The van der Waals surface area contributed by atoms with E-state index in [1.54, 1.807) is 43.7 Å². The van der Waals surface area contributed by atoms with Gasteiger partial charge in [-0.15, -0.1) is 0 Å². The van der Waals surface area contributed by atoms with Gasteiger partial charge in [-0.1, -0.05) is 12.1 Å². The lowest BCUT2D eigenvalue weighted by molar-refractivity contribution is -0.121. The van der Waals surface area contributed by atoms with Gasteiger partial charge in [0.1, 0.15) is 6.54 Å². The maximum atomic E-state index is 12.2. The largest absolute Gasteiger partial charge is 0.444 e. The highest BCUT2D eigenvalue weighted by Gasteiger charge is 2.09. The number of carbonyl (C=O) groups is 2. The van der Waals surface area contributed by atoms with Gasteiger partial charge in [0.2, 0.25) is 5.91 Å². The van der Waals surface area contributed by atoms with Gasteiger partial charge in [-0.05, 0) is 12.1 Å². The summed E-state index contributed by atoms with van der Waals surface area (Å²) < 4.78 is 6.65. The lowest BCUT2D eigenvalue weighted by Gasteiger charge is -2.03. The molecule has 2 N–H and O–H groups in total. The van der Waals surface area contributed by atoms with E-state index in [-0.39, 0.29) is 18.4 Å². The van der Waals surface area contributed by atoms with Crippen LogP contribution in [0.25, 0.3) is 11.3 Å². The van der Waals surface area contributed by atoms with E-state index in [1.807, 2.05) is 0 Å². The fourth-order valence-electron chi connectivity index (χ4n) is 2.09. The molecule has 3 aromatic rings. The maximum absolute atomic E-state index is 12.2. The minimum atomic E-state index is -0.265. The van der Waals surface area contributed by atoms with E-state index in [0.717, 1.165) is 5.56 Å². The van der Waals surface area contributed by atoms with Crippen LogP contribution in [-0.4, -0.2) is 33.6 Å². The van der Waals surface area contributed by atoms with Crippen molar-refractivity contribution in [3.63, 3.8) is 0 Å². The normalized spacial score (nSPS) is 10.4. The Morgan fingerprint density at radius 1 is 1.21 bits per heavy atom. The van der Waals surface area contributed by atoms with Gasteiger partial charge in [0.25, 0.3) is 5.91 Å². The molecule has 0 atom stereocenters. The van der Waals surface area contributed by atoms with Crippen LogP contribution < -0.4 is 10.6 Å². The molecule has 24 heavy (non-hydrogen) atoms. The zero-order valence-electron chi connectivity index (χ0n) is 12.9. The topological polar surface area (TPSA) is 102 Å². The zero-order valence-corrected chi connectivity index (χ0v) is 12.9. The number of anilines is 1. The number of oxazole rings is 1. The van der Waals surface area contributed by atoms with Gasteiger partial charge in [-0.2, -0.15) is 5.10 Å². The zero-order chi connectivity index (χ0) is 16.9. The molecule has 0 aliphatic rings. The number of nitrogens with one attached hydrogen (secondary N) is 2. The van der Waals surface area contributed by atoms with Crippen LogP contribution >= 0.6 is 0 Å². The average molecular weight is 325 g/mol. The first-order chi connectivity index (χ1) is 11.7. The third kappa shape index (κ3) is 3.49. The summed E-state index contributed by atoms with van der Waals surface area (Å²) in [7, 11) is 1.55. The lowest BCUT2D eigenvalue weighted by atomic mass is 10.1. The molecule has 2 heterocycles. The first-order valence-electron chi connectivity index (χ1n) is 7.19. The minimum absolute atomic E-state index is 0.0955. The number of rotatable bonds is 5. The summed E-state index contributed by atoms with van der Waals surface area (Å²) in [6.45, 7) is 0.0955. The fraction of sp³-hybridized carbons (Fsp3) is 0.125. The Hall–Kier alpha value is -3.42. The van der Waals surface area contributed by atoms with Gasteiger partial charge >= 0.3 is 0 Å². The summed E-state index contributed by atoms with van der Waals surface area (Å²) >= 11 is 0. The van der Waals surface area contributed by atoms with Crippen molar-refractivity contribution < 1.29 is 14.0 Å². The van der Waals surface area contributed by atoms with Crippen LogP contribution in [-0.2, 0) is 11.3 Å². The number of benzene rings is 1. The second-order valence-electron chi connectivity index (χ2n) is 5.00.